The van der Waals surface area contributed by atoms with E-state index in [4.69, 9.17) is 9.47 Å². The van der Waals surface area contributed by atoms with Gasteiger partial charge in [-0.3, -0.25) is 4.79 Å². The Bertz CT molecular complexity index is 973. The molecule has 9 heteroatoms. The molecule has 4 aliphatic heterocycles. The van der Waals surface area contributed by atoms with Crippen molar-refractivity contribution in [3.8, 4) is 5.75 Å². The first-order valence-corrected chi connectivity index (χ1v) is 12.6. The van der Waals surface area contributed by atoms with E-state index in [1.54, 1.807) is 11.4 Å². The number of carbonyl (C=O) groups excluding carboxylic acids is 1. The number of carbonyl (C=O) groups is 1. The largest absolute Gasteiger partial charge is 0.497 e. The van der Waals surface area contributed by atoms with Crippen LogP contribution < -0.4 is 4.74 Å². The van der Waals surface area contributed by atoms with Crippen LogP contribution in [0.3, 0.4) is 0 Å². The third-order valence-electron chi connectivity index (χ3n) is 7.15. The molecule has 3 fully saturated rings. The van der Waals surface area contributed by atoms with E-state index in [1.807, 2.05) is 36.9 Å². The van der Waals surface area contributed by atoms with E-state index < -0.39 is 16.3 Å². The van der Waals surface area contributed by atoms with E-state index in [0.717, 1.165) is 36.1 Å². The van der Waals surface area contributed by atoms with Gasteiger partial charge in [-0.2, -0.15) is 17.0 Å². The molecular weight excluding hydrogens is 418 g/mol. The number of piperidine rings is 1. The van der Waals surface area contributed by atoms with Crippen molar-refractivity contribution in [2.45, 2.75) is 69.9 Å². The molecule has 3 unspecified atom stereocenters. The van der Waals surface area contributed by atoms with E-state index in [-0.39, 0.29) is 30.2 Å². The van der Waals surface area contributed by atoms with Crippen molar-refractivity contribution in [1.82, 2.24) is 13.5 Å². The number of piperazine rings is 1. The van der Waals surface area contributed by atoms with Gasteiger partial charge < -0.3 is 14.4 Å². The van der Waals surface area contributed by atoms with Gasteiger partial charge in [0.2, 0.25) is 5.91 Å². The van der Waals surface area contributed by atoms with Crippen LogP contribution >= 0.6 is 0 Å². The molecule has 1 aromatic rings. The summed E-state index contributed by atoms with van der Waals surface area (Å²) in [7, 11) is -2.15. The number of methoxy groups -OCH3 is 1. The van der Waals surface area contributed by atoms with Crippen molar-refractivity contribution >= 4 is 16.1 Å². The Kier molecular flexibility index (Phi) is 5.28. The zero-order valence-electron chi connectivity index (χ0n) is 18.4. The minimum absolute atomic E-state index is 0.0552. The van der Waals surface area contributed by atoms with Gasteiger partial charge in [-0.05, 0) is 62.8 Å². The lowest BCUT2D eigenvalue weighted by Gasteiger charge is -2.55. The molecule has 8 nitrogen and oxygen atoms in total. The first-order valence-electron chi connectivity index (χ1n) is 11.2. The minimum Gasteiger partial charge on any atom is -0.497 e. The van der Waals surface area contributed by atoms with E-state index in [2.05, 4.69) is 0 Å². The fourth-order valence-electron chi connectivity index (χ4n) is 5.94. The molecule has 31 heavy (non-hydrogen) atoms. The lowest BCUT2D eigenvalue weighted by molar-refractivity contribution is -0.150. The van der Waals surface area contributed by atoms with Crippen molar-refractivity contribution in [2.75, 3.05) is 26.7 Å². The molecule has 1 aromatic carbocycles. The molecule has 0 spiro atoms. The number of amides is 1. The molecule has 4 aliphatic rings. The molecule has 0 radical (unpaired) electrons. The van der Waals surface area contributed by atoms with E-state index in [9.17, 15) is 13.2 Å². The van der Waals surface area contributed by atoms with Crippen LogP contribution in [0.15, 0.2) is 18.2 Å². The summed E-state index contributed by atoms with van der Waals surface area (Å²) in [6.45, 7) is 5.05. The fraction of sp³-hybridized carbons (Fsp3) is 0.682. The quantitative estimate of drug-likeness (QED) is 0.702. The fourth-order valence-corrected chi connectivity index (χ4v) is 8.08. The maximum absolute atomic E-state index is 13.9. The van der Waals surface area contributed by atoms with Crippen LogP contribution in [0.25, 0.3) is 0 Å². The third kappa shape index (κ3) is 3.37. The molecule has 4 heterocycles. The van der Waals surface area contributed by atoms with Crippen molar-refractivity contribution < 1.29 is 22.7 Å². The second-order valence-electron chi connectivity index (χ2n) is 9.22. The highest BCUT2D eigenvalue weighted by Gasteiger charge is 2.56. The Morgan fingerprint density at radius 1 is 1.13 bits per heavy atom. The molecule has 1 amide bonds. The Hall–Kier alpha value is -1.68. The molecule has 3 saturated heterocycles. The molecule has 0 aromatic heterocycles. The number of benzene rings is 1. The first-order chi connectivity index (χ1) is 14.8. The predicted octanol–water partition coefficient (Wildman–Crippen LogP) is 1.71. The standard InChI is InChI=1S/C22H31N3O5S/c1-14-12-23(13-15(2)30-14)31(27,28)25-19-5-4-6-20(25)22(26)24-10-9-16-11-17(29-3)7-8-18(16)21(19)24/h7-8,11,14-15,19-21H,4-6,9-10,12-13H2,1-3H3/t14-,15+,19?,20?,21?. The topological polar surface area (TPSA) is 79.4 Å². The summed E-state index contributed by atoms with van der Waals surface area (Å²) >= 11 is 0. The molecule has 5 atom stereocenters. The summed E-state index contributed by atoms with van der Waals surface area (Å²) in [5.41, 5.74) is 2.19. The maximum Gasteiger partial charge on any atom is 0.283 e. The number of nitrogens with zero attached hydrogens (tertiary/aromatic N) is 3. The van der Waals surface area contributed by atoms with E-state index in [1.165, 1.54) is 4.31 Å². The number of hydrogen-bond donors (Lipinski definition) is 0. The lowest BCUT2D eigenvalue weighted by Crippen LogP contribution is -2.69. The number of fused-ring (bicyclic) bond motifs is 6. The molecule has 0 N–H and O–H groups in total. The van der Waals surface area contributed by atoms with Gasteiger partial charge in [0.15, 0.2) is 0 Å². The second kappa shape index (κ2) is 7.72. The molecular formula is C22H31N3O5S. The summed E-state index contributed by atoms with van der Waals surface area (Å²) in [6.07, 6.45) is 2.63. The van der Waals surface area contributed by atoms with Crippen molar-refractivity contribution in [3.63, 3.8) is 0 Å². The zero-order valence-corrected chi connectivity index (χ0v) is 19.2. The Morgan fingerprint density at radius 2 is 1.87 bits per heavy atom. The van der Waals surface area contributed by atoms with Gasteiger partial charge in [0.25, 0.3) is 10.2 Å². The van der Waals surface area contributed by atoms with Gasteiger partial charge in [-0.1, -0.05) is 6.07 Å². The highest BCUT2D eigenvalue weighted by Crippen LogP contribution is 2.46. The molecule has 0 saturated carbocycles. The second-order valence-corrected chi connectivity index (χ2v) is 11.1. The average Bonchev–Trinajstić information content (AvgIpc) is 2.75. The SMILES string of the molecule is COc1ccc2c(c1)CCN1C(=O)C3CCCC(C21)N3S(=O)(=O)N1C[C@@H](C)O[C@@H](C)C1. The van der Waals surface area contributed by atoms with Crippen molar-refractivity contribution in [3.05, 3.63) is 29.3 Å². The average molecular weight is 450 g/mol. The van der Waals surface area contributed by atoms with Gasteiger partial charge >= 0.3 is 0 Å². The third-order valence-corrected chi connectivity index (χ3v) is 9.16. The van der Waals surface area contributed by atoms with Crippen LogP contribution in [-0.4, -0.2) is 78.9 Å². The number of morpholine rings is 1. The number of ether oxygens (including phenoxy) is 2. The van der Waals surface area contributed by atoms with Gasteiger partial charge in [-0.25, -0.2) is 0 Å². The number of hydrogen-bond acceptors (Lipinski definition) is 5. The van der Waals surface area contributed by atoms with Crippen LogP contribution in [0.4, 0.5) is 0 Å². The van der Waals surface area contributed by atoms with Crippen LogP contribution in [0, 0.1) is 0 Å². The maximum atomic E-state index is 13.9. The van der Waals surface area contributed by atoms with Crippen molar-refractivity contribution in [1.29, 1.82) is 0 Å². The number of rotatable bonds is 3. The molecule has 0 aliphatic carbocycles. The monoisotopic (exact) mass is 449 g/mol. The van der Waals surface area contributed by atoms with Gasteiger partial charge in [0, 0.05) is 19.6 Å². The summed E-state index contributed by atoms with van der Waals surface area (Å²) in [5.74, 6) is 0.733. The van der Waals surface area contributed by atoms with Crippen LogP contribution in [0.2, 0.25) is 0 Å². The Labute approximate surface area is 184 Å². The smallest absolute Gasteiger partial charge is 0.283 e. The molecule has 170 valence electrons. The van der Waals surface area contributed by atoms with E-state index >= 15 is 0 Å². The summed E-state index contributed by atoms with van der Waals surface area (Å²) in [5, 5.41) is 0. The van der Waals surface area contributed by atoms with E-state index in [0.29, 0.717) is 26.1 Å². The van der Waals surface area contributed by atoms with Crippen LogP contribution in [0.5, 0.6) is 5.75 Å². The summed E-state index contributed by atoms with van der Waals surface area (Å²) in [4.78, 5) is 15.5. The first kappa shape index (κ1) is 21.2. The highest BCUT2D eigenvalue weighted by molar-refractivity contribution is 7.86. The van der Waals surface area contributed by atoms with Gasteiger partial charge in [0.1, 0.15) is 11.8 Å². The van der Waals surface area contributed by atoms with Crippen molar-refractivity contribution in [2.24, 2.45) is 0 Å². The lowest BCUT2D eigenvalue weighted by atomic mass is 9.80. The van der Waals surface area contributed by atoms with Crippen LogP contribution in [0.1, 0.15) is 50.3 Å². The zero-order chi connectivity index (χ0) is 21.9. The van der Waals surface area contributed by atoms with Crippen LogP contribution in [-0.2, 0) is 26.2 Å². The van der Waals surface area contributed by atoms with Gasteiger partial charge in [-0.15, -0.1) is 0 Å². The predicted molar refractivity (Wildman–Crippen MR) is 115 cm³/mol. The van der Waals surface area contributed by atoms with Gasteiger partial charge in [0.05, 0.1) is 31.4 Å². The Balaban J connectivity index is 1.56. The minimum atomic E-state index is -3.79. The summed E-state index contributed by atoms with van der Waals surface area (Å²) < 4.78 is 42.0. The summed E-state index contributed by atoms with van der Waals surface area (Å²) in [6, 6.07) is 4.85. The highest BCUT2D eigenvalue weighted by atomic mass is 32.2. The molecule has 5 rings (SSSR count). The molecule has 2 bridgehead atoms. The Morgan fingerprint density at radius 3 is 2.58 bits per heavy atom. The normalized spacial score (nSPS) is 34.2.